The highest BCUT2D eigenvalue weighted by Gasteiger charge is 2.34. The predicted molar refractivity (Wildman–Crippen MR) is 68.1 cm³/mol. The lowest BCUT2D eigenvalue weighted by Crippen LogP contribution is -2.20. The van der Waals surface area contributed by atoms with E-state index in [0.29, 0.717) is 0 Å². The lowest BCUT2D eigenvalue weighted by molar-refractivity contribution is -0.139. The summed E-state index contributed by atoms with van der Waals surface area (Å²) >= 11 is 0. The van der Waals surface area contributed by atoms with Gasteiger partial charge < -0.3 is 10.5 Å². The Kier molecular flexibility index (Phi) is 4.24. The van der Waals surface area contributed by atoms with Gasteiger partial charge in [-0.1, -0.05) is 12.1 Å². The number of para-hydroxylation sites is 1. The maximum absolute atomic E-state index is 12.8. The van der Waals surface area contributed by atoms with Crippen molar-refractivity contribution in [3.8, 4) is 5.75 Å². The van der Waals surface area contributed by atoms with Crippen molar-refractivity contribution < 1.29 is 17.9 Å². The zero-order valence-electron chi connectivity index (χ0n) is 10.5. The summed E-state index contributed by atoms with van der Waals surface area (Å²) in [7, 11) is 0. The van der Waals surface area contributed by atoms with Crippen LogP contribution in [0.5, 0.6) is 5.75 Å². The van der Waals surface area contributed by atoms with Gasteiger partial charge in [-0.15, -0.1) is 0 Å². The topological polar surface area (TPSA) is 48.1 Å². The molecule has 2 aromatic rings. The summed E-state index contributed by atoms with van der Waals surface area (Å²) in [6, 6.07) is 7.95. The molecular formula is C14H13F3N2O. The lowest BCUT2D eigenvalue weighted by atomic mass is 10.1. The second-order valence-corrected chi connectivity index (χ2v) is 4.19. The third kappa shape index (κ3) is 3.48. The zero-order chi connectivity index (χ0) is 14.6. The molecule has 0 aliphatic heterocycles. The summed E-state index contributed by atoms with van der Waals surface area (Å²) in [6.07, 6.45) is -1.31. The standard InChI is InChI=1S/C14H13F3N2O/c15-14(16,17)11-3-1-2-4-13(11)20-9-12(18)10-5-7-19-8-6-10/h1-8,12H,9,18H2. The third-order valence-electron chi connectivity index (χ3n) is 2.75. The largest absolute Gasteiger partial charge is 0.491 e. The van der Waals surface area contributed by atoms with Crippen molar-refractivity contribution in [2.75, 3.05) is 6.61 Å². The Labute approximate surface area is 114 Å². The van der Waals surface area contributed by atoms with Gasteiger partial charge in [0.25, 0.3) is 0 Å². The molecule has 1 heterocycles. The monoisotopic (exact) mass is 282 g/mol. The molecule has 1 atom stereocenters. The Morgan fingerprint density at radius 3 is 2.40 bits per heavy atom. The summed E-state index contributed by atoms with van der Waals surface area (Å²) in [6.45, 7) is -0.0445. The quantitative estimate of drug-likeness (QED) is 0.937. The van der Waals surface area contributed by atoms with E-state index in [0.717, 1.165) is 11.6 Å². The van der Waals surface area contributed by atoms with Crippen LogP contribution in [0.2, 0.25) is 0 Å². The van der Waals surface area contributed by atoms with Crippen LogP contribution in [-0.4, -0.2) is 11.6 Å². The van der Waals surface area contributed by atoms with E-state index in [1.54, 1.807) is 24.5 Å². The maximum atomic E-state index is 12.8. The van der Waals surface area contributed by atoms with Crippen molar-refractivity contribution in [3.05, 3.63) is 59.9 Å². The van der Waals surface area contributed by atoms with Gasteiger partial charge in [0.1, 0.15) is 12.4 Å². The van der Waals surface area contributed by atoms with Crippen LogP contribution < -0.4 is 10.5 Å². The fraction of sp³-hybridized carbons (Fsp3) is 0.214. The molecule has 2 N–H and O–H groups in total. The van der Waals surface area contributed by atoms with Crippen LogP contribution in [0.3, 0.4) is 0 Å². The first-order chi connectivity index (χ1) is 9.48. The van der Waals surface area contributed by atoms with Gasteiger partial charge in [-0.3, -0.25) is 4.98 Å². The molecule has 3 nitrogen and oxygen atoms in total. The van der Waals surface area contributed by atoms with Crippen molar-refractivity contribution in [2.45, 2.75) is 12.2 Å². The number of hydrogen-bond acceptors (Lipinski definition) is 3. The Hall–Kier alpha value is -2.08. The molecule has 0 radical (unpaired) electrons. The molecule has 0 saturated heterocycles. The number of ether oxygens (including phenoxy) is 1. The van der Waals surface area contributed by atoms with Crippen LogP contribution in [-0.2, 0) is 6.18 Å². The van der Waals surface area contributed by atoms with Gasteiger partial charge >= 0.3 is 6.18 Å². The molecule has 0 bridgehead atoms. The van der Waals surface area contributed by atoms with Crippen LogP contribution in [0, 0.1) is 0 Å². The number of benzene rings is 1. The van der Waals surface area contributed by atoms with Crippen LogP contribution in [0.4, 0.5) is 13.2 Å². The molecule has 0 spiro atoms. The van der Waals surface area contributed by atoms with E-state index in [-0.39, 0.29) is 12.4 Å². The molecule has 1 aromatic carbocycles. The molecule has 0 saturated carbocycles. The van der Waals surface area contributed by atoms with Gasteiger partial charge in [-0.2, -0.15) is 13.2 Å². The van der Waals surface area contributed by atoms with Crippen LogP contribution >= 0.6 is 0 Å². The molecule has 0 fully saturated rings. The number of rotatable bonds is 4. The van der Waals surface area contributed by atoms with Gasteiger partial charge in [0.15, 0.2) is 0 Å². The van der Waals surface area contributed by atoms with E-state index < -0.39 is 17.8 Å². The van der Waals surface area contributed by atoms with E-state index in [2.05, 4.69) is 4.98 Å². The second kappa shape index (κ2) is 5.92. The van der Waals surface area contributed by atoms with Crippen LogP contribution in [0.25, 0.3) is 0 Å². The van der Waals surface area contributed by atoms with Crippen molar-refractivity contribution >= 4 is 0 Å². The van der Waals surface area contributed by atoms with E-state index in [1.807, 2.05) is 0 Å². The average Bonchev–Trinajstić information content (AvgIpc) is 2.45. The molecule has 20 heavy (non-hydrogen) atoms. The predicted octanol–water partition coefficient (Wildman–Crippen LogP) is 3.18. The number of nitrogens with two attached hydrogens (primary N) is 1. The summed E-state index contributed by atoms with van der Waals surface area (Å²) in [4.78, 5) is 3.85. The first-order valence-electron chi connectivity index (χ1n) is 5.93. The molecule has 106 valence electrons. The normalized spacial score (nSPS) is 13.0. The highest BCUT2D eigenvalue weighted by molar-refractivity contribution is 5.35. The second-order valence-electron chi connectivity index (χ2n) is 4.19. The lowest BCUT2D eigenvalue weighted by Gasteiger charge is -2.17. The molecular weight excluding hydrogens is 269 g/mol. The molecule has 0 amide bonds. The fourth-order valence-corrected chi connectivity index (χ4v) is 1.71. The van der Waals surface area contributed by atoms with Gasteiger partial charge in [-0.05, 0) is 29.8 Å². The summed E-state index contributed by atoms with van der Waals surface area (Å²) < 4.78 is 43.5. The SMILES string of the molecule is NC(COc1ccccc1C(F)(F)F)c1ccncc1. The molecule has 0 aliphatic rings. The number of nitrogens with zero attached hydrogens (tertiary/aromatic N) is 1. The number of aromatic nitrogens is 1. The smallest absolute Gasteiger partial charge is 0.419 e. The van der Waals surface area contributed by atoms with Crippen molar-refractivity contribution in [2.24, 2.45) is 5.73 Å². The molecule has 1 aromatic heterocycles. The molecule has 2 rings (SSSR count). The van der Waals surface area contributed by atoms with E-state index in [9.17, 15) is 13.2 Å². The van der Waals surface area contributed by atoms with Crippen LogP contribution in [0.1, 0.15) is 17.2 Å². The Morgan fingerprint density at radius 2 is 1.75 bits per heavy atom. The maximum Gasteiger partial charge on any atom is 0.419 e. The summed E-state index contributed by atoms with van der Waals surface area (Å²) in [5.74, 6) is -0.218. The van der Waals surface area contributed by atoms with Crippen molar-refractivity contribution in [1.29, 1.82) is 0 Å². The Bertz CT molecular complexity index is 558. The van der Waals surface area contributed by atoms with E-state index in [1.165, 1.54) is 18.2 Å². The van der Waals surface area contributed by atoms with Crippen molar-refractivity contribution in [1.82, 2.24) is 4.98 Å². The minimum Gasteiger partial charge on any atom is -0.491 e. The van der Waals surface area contributed by atoms with Gasteiger partial charge in [0.05, 0.1) is 11.6 Å². The molecule has 0 aliphatic carbocycles. The Balaban J connectivity index is 2.08. The summed E-state index contributed by atoms with van der Waals surface area (Å²) in [5, 5.41) is 0. The molecule has 6 heteroatoms. The highest BCUT2D eigenvalue weighted by Crippen LogP contribution is 2.36. The van der Waals surface area contributed by atoms with Crippen molar-refractivity contribution in [3.63, 3.8) is 0 Å². The number of halogens is 3. The van der Waals surface area contributed by atoms with Gasteiger partial charge in [0, 0.05) is 12.4 Å². The number of alkyl halides is 3. The first-order valence-corrected chi connectivity index (χ1v) is 5.93. The van der Waals surface area contributed by atoms with Gasteiger partial charge in [0.2, 0.25) is 0 Å². The van der Waals surface area contributed by atoms with Gasteiger partial charge in [-0.25, -0.2) is 0 Å². The fourth-order valence-electron chi connectivity index (χ4n) is 1.71. The zero-order valence-corrected chi connectivity index (χ0v) is 10.5. The third-order valence-corrected chi connectivity index (χ3v) is 2.75. The first kappa shape index (κ1) is 14.3. The van der Waals surface area contributed by atoms with Crippen LogP contribution in [0.15, 0.2) is 48.8 Å². The minimum atomic E-state index is -4.45. The summed E-state index contributed by atoms with van der Waals surface area (Å²) in [5.41, 5.74) is 5.82. The van der Waals surface area contributed by atoms with E-state index in [4.69, 9.17) is 10.5 Å². The minimum absolute atomic E-state index is 0.0445. The molecule has 1 unspecified atom stereocenters. The number of pyridine rings is 1. The highest BCUT2D eigenvalue weighted by atomic mass is 19.4. The van der Waals surface area contributed by atoms with E-state index >= 15 is 0 Å². The Morgan fingerprint density at radius 1 is 1.10 bits per heavy atom. The number of hydrogen-bond donors (Lipinski definition) is 1. The average molecular weight is 282 g/mol.